The normalized spacial score (nSPS) is 19.0. The van der Waals surface area contributed by atoms with Crippen molar-refractivity contribution in [3.05, 3.63) is 0 Å². The first-order valence-corrected chi connectivity index (χ1v) is 9.09. The van der Waals surface area contributed by atoms with E-state index >= 15 is 0 Å². The number of halogens is 1. The predicted octanol–water partition coefficient (Wildman–Crippen LogP) is 1.65. The number of nitrogens with one attached hydrogen (secondary N) is 1. The van der Waals surface area contributed by atoms with Crippen molar-refractivity contribution in [3.8, 4) is 0 Å². The first kappa shape index (κ1) is 21.9. The first-order valence-electron chi connectivity index (χ1n) is 9.09. The number of hydrogen-bond acceptors (Lipinski definition) is 4. The molecule has 0 aromatic heterocycles. The van der Waals surface area contributed by atoms with Crippen LogP contribution in [0.5, 0.6) is 0 Å². The van der Waals surface area contributed by atoms with E-state index in [-0.39, 0.29) is 24.0 Å². The zero-order chi connectivity index (χ0) is 16.3. The fraction of sp³-hybridized carbons (Fsp3) is 0.941. The number of guanidine groups is 1. The van der Waals surface area contributed by atoms with Crippen molar-refractivity contribution in [1.29, 1.82) is 0 Å². The summed E-state index contributed by atoms with van der Waals surface area (Å²) in [6.45, 7) is 8.69. The summed E-state index contributed by atoms with van der Waals surface area (Å²) in [4.78, 5) is 8.99. The molecule has 7 heteroatoms. The SMILES string of the molecule is CN=C(NCCCCN1CCOCC1)N(C)CCOCC1CC1.I. The second-order valence-electron chi connectivity index (χ2n) is 6.57. The molecule has 0 aromatic rings. The molecule has 2 aliphatic rings. The Morgan fingerprint density at radius 2 is 2.04 bits per heavy atom. The van der Waals surface area contributed by atoms with Gasteiger partial charge in [-0.15, -0.1) is 24.0 Å². The molecule has 2 fully saturated rings. The quantitative estimate of drug-likeness (QED) is 0.236. The fourth-order valence-corrected chi connectivity index (χ4v) is 2.71. The van der Waals surface area contributed by atoms with E-state index in [0.29, 0.717) is 0 Å². The average Bonchev–Trinajstić information content (AvgIpc) is 3.40. The summed E-state index contributed by atoms with van der Waals surface area (Å²) in [5, 5.41) is 3.45. The number of aliphatic imine (C=N–C) groups is 1. The summed E-state index contributed by atoms with van der Waals surface area (Å²) in [6, 6.07) is 0. The van der Waals surface area contributed by atoms with Gasteiger partial charge in [-0.2, -0.15) is 0 Å². The lowest BCUT2D eigenvalue weighted by molar-refractivity contribution is 0.0372. The summed E-state index contributed by atoms with van der Waals surface area (Å²) in [5.41, 5.74) is 0. The molecular weight excluding hydrogens is 419 g/mol. The number of likely N-dealkylation sites (N-methyl/N-ethyl adjacent to an activating group) is 1. The van der Waals surface area contributed by atoms with Gasteiger partial charge >= 0.3 is 0 Å². The summed E-state index contributed by atoms with van der Waals surface area (Å²) in [7, 11) is 3.92. The first-order chi connectivity index (χ1) is 11.3. The monoisotopic (exact) mass is 454 g/mol. The second-order valence-corrected chi connectivity index (χ2v) is 6.57. The van der Waals surface area contributed by atoms with Crippen molar-refractivity contribution in [2.75, 3.05) is 73.2 Å². The lowest BCUT2D eigenvalue weighted by atomic mass is 10.2. The molecule has 1 saturated heterocycles. The Labute approximate surface area is 164 Å². The minimum Gasteiger partial charge on any atom is -0.379 e. The van der Waals surface area contributed by atoms with E-state index in [1.807, 2.05) is 7.05 Å². The largest absolute Gasteiger partial charge is 0.379 e. The van der Waals surface area contributed by atoms with Gasteiger partial charge in [-0.1, -0.05) is 0 Å². The maximum Gasteiger partial charge on any atom is 0.193 e. The highest BCUT2D eigenvalue weighted by molar-refractivity contribution is 14.0. The number of nitrogens with zero attached hydrogens (tertiary/aromatic N) is 3. The molecular formula is C17H35IN4O2. The van der Waals surface area contributed by atoms with Crippen LogP contribution in [0.25, 0.3) is 0 Å². The van der Waals surface area contributed by atoms with Crippen LogP contribution in [0.1, 0.15) is 25.7 Å². The number of rotatable bonds is 10. The molecule has 0 atom stereocenters. The molecule has 142 valence electrons. The van der Waals surface area contributed by atoms with Gasteiger partial charge in [0.2, 0.25) is 0 Å². The fourth-order valence-electron chi connectivity index (χ4n) is 2.71. The summed E-state index contributed by atoms with van der Waals surface area (Å²) in [5.74, 6) is 1.80. The molecule has 1 N–H and O–H groups in total. The number of hydrogen-bond donors (Lipinski definition) is 1. The summed E-state index contributed by atoms with van der Waals surface area (Å²) < 4.78 is 11.1. The van der Waals surface area contributed by atoms with Gasteiger partial charge in [0.1, 0.15) is 0 Å². The highest BCUT2D eigenvalue weighted by Crippen LogP contribution is 2.28. The molecule has 6 nitrogen and oxygen atoms in total. The van der Waals surface area contributed by atoms with Crippen molar-refractivity contribution >= 4 is 29.9 Å². The van der Waals surface area contributed by atoms with Crippen LogP contribution < -0.4 is 5.32 Å². The van der Waals surface area contributed by atoms with Crippen molar-refractivity contribution in [3.63, 3.8) is 0 Å². The van der Waals surface area contributed by atoms with Gasteiger partial charge in [0.15, 0.2) is 5.96 Å². The molecule has 24 heavy (non-hydrogen) atoms. The second kappa shape index (κ2) is 13.1. The minimum atomic E-state index is 0. The maximum absolute atomic E-state index is 5.69. The van der Waals surface area contributed by atoms with Crippen LogP contribution in [0.15, 0.2) is 4.99 Å². The average molecular weight is 454 g/mol. The molecule has 2 rings (SSSR count). The van der Waals surface area contributed by atoms with Crippen LogP contribution in [0, 0.1) is 5.92 Å². The molecule has 1 aliphatic heterocycles. The van der Waals surface area contributed by atoms with E-state index in [9.17, 15) is 0 Å². The van der Waals surface area contributed by atoms with E-state index in [4.69, 9.17) is 9.47 Å². The van der Waals surface area contributed by atoms with E-state index in [1.165, 1.54) is 32.2 Å². The van der Waals surface area contributed by atoms with Crippen molar-refractivity contribution in [2.24, 2.45) is 10.9 Å². The van der Waals surface area contributed by atoms with Crippen LogP contribution in [-0.2, 0) is 9.47 Å². The van der Waals surface area contributed by atoms with Crippen molar-refractivity contribution in [2.45, 2.75) is 25.7 Å². The van der Waals surface area contributed by atoms with Gasteiger partial charge in [0.05, 0.1) is 19.8 Å². The van der Waals surface area contributed by atoms with Crippen LogP contribution >= 0.6 is 24.0 Å². The summed E-state index contributed by atoms with van der Waals surface area (Å²) >= 11 is 0. The molecule has 0 amide bonds. The van der Waals surface area contributed by atoms with Gasteiger partial charge in [0.25, 0.3) is 0 Å². The maximum atomic E-state index is 5.69. The highest BCUT2D eigenvalue weighted by Gasteiger charge is 2.21. The predicted molar refractivity (Wildman–Crippen MR) is 109 cm³/mol. The van der Waals surface area contributed by atoms with Crippen LogP contribution in [0.2, 0.25) is 0 Å². The van der Waals surface area contributed by atoms with Gasteiger partial charge < -0.3 is 19.7 Å². The van der Waals surface area contributed by atoms with Crippen LogP contribution in [0.4, 0.5) is 0 Å². The smallest absolute Gasteiger partial charge is 0.193 e. The zero-order valence-electron chi connectivity index (χ0n) is 15.3. The molecule has 1 aliphatic carbocycles. The Kier molecular flexibility index (Phi) is 12.0. The standard InChI is InChI=1S/C17H34N4O2.HI/c1-18-17(20(2)9-12-23-15-16-5-6-16)19-7-3-4-8-21-10-13-22-14-11-21;/h16H,3-15H2,1-2H3,(H,18,19);1H. The third-order valence-electron chi connectivity index (χ3n) is 4.48. The molecule has 1 heterocycles. The number of unbranched alkanes of at least 4 members (excludes halogenated alkanes) is 1. The lowest BCUT2D eigenvalue weighted by Crippen LogP contribution is -2.41. The van der Waals surface area contributed by atoms with Crippen LogP contribution in [0.3, 0.4) is 0 Å². The van der Waals surface area contributed by atoms with Gasteiger partial charge in [0, 0.05) is 46.9 Å². The molecule has 0 radical (unpaired) electrons. The Morgan fingerprint density at radius 3 is 2.71 bits per heavy atom. The van der Waals surface area contributed by atoms with E-state index in [1.54, 1.807) is 0 Å². The molecule has 0 spiro atoms. The van der Waals surface area contributed by atoms with Gasteiger partial charge in [-0.25, -0.2) is 0 Å². The molecule has 0 aromatic carbocycles. The summed E-state index contributed by atoms with van der Waals surface area (Å²) in [6.07, 6.45) is 5.09. The van der Waals surface area contributed by atoms with E-state index in [0.717, 1.165) is 64.5 Å². The van der Waals surface area contributed by atoms with E-state index < -0.39 is 0 Å². The molecule has 0 bridgehead atoms. The third kappa shape index (κ3) is 9.39. The van der Waals surface area contributed by atoms with Gasteiger partial charge in [-0.05, 0) is 38.1 Å². The molecule has 1 saturated carbocycles. The minimum absolute atomic E-state index is 0. The van der Waals surface area contributed by atoms with Gasteiger partial charge in [-0.3, -0.25) is 9.89 Å². The topological polar surface area (TPSA) is 49.3 Å². The van der Waals surface area contributed by atoms with Crippen molar-refractivity contribution < 1.29 is 9.47 Å². The van der Waals surface area contributed by atoms with Crippen molar-refractivity contribution in [1.82, 2.24) is 15.1 Å². The highest BCUT2D eigenvalue weighted by atomic mass is 127. The Hall–Kier alpha value is -0.120. The molecule has 0 unspecified atom stereocenters. The third-order valence-corrected chi connectivity index (χ3v) is 4.48. The van der Waals surface area contributed by atoms with E-state index in [2.05, 4.69) is 27.2 Å². The Balaban J connectivity index is 0.00000288. The number of ether oxygens (including phenoxy) is 2. The van der Waals surface area contributed by atoms with Crippen LogP contribution in [-0.4, -0.2) is 89.0 Å². The number of morpholine rings is 1. The lowest BCUT2D eigenvalue weighted by Gasteiger charge is -2.26. The Morgan fingerprint density at radius 1 is 1.29 bits per heavy atom. The Bertz CT molecular complexity index is 347. The zero-order valence-corrected chi connectivity index (χ0v) is 17.7.